The van der Waals surface area contributed by atoms with Gasteiger partial charge in [0.2, 0.25) is 17.1 Å². The van der Waals surface area contributed by atoms with E-state index in [2.05, 4.69) is 30.5 Å². The molecule has 4 rings (SSSR count). The van der Waals surface area contributed by atoms with Gasteiger partial charge in [-0.05, 0) is 36.8 Å². The summed E-state index contributed by atoms with van der Waals surface area (Å²) in [7, 11) is 0. The second-order valence-electron chi connectivity index (χ2n) is 6.46. The van der Waals surface area contributed by atoms with Crippen molar-refractivity contribution in [2.75, 3.05) is 16.9 Å². The molecule has 31 heavy (non-hydrogen) atoms. The van der Waals surface area contributed by atoms with Gasteiger partial charge < -0.3 is 16.9 Å². The van der Waals surface area contributed by atoms with E-state index in [-0.39, 0.29) is 5.95 Å². The van der Waals surface area contributed by atoms with Crippen LogP contribution in [-0.4, -0.2) is 29.8 Å². The molecule has 0 aliphatic carbocycles. The number of rotatable bonds is 6. The van der Waals surface area contributed by atoms with Gasteiger partial charge in [-0.15, -0.1) is 10.2 Å². The van der Waals surface area contributed by atoms with Gasteiger partial charge in [0.15, 0.2) is 5.82 Å². The number of nitrogens with two attached hydrogens (primary N) is 2. The van der Waals surface area contributed by atoms with Crippen LogP contribution in [0.4, 0.5) is 17.6 Å². The topological polar surface area (TPSA) is 133 Å². The first-order chi connectivity index (χ1) is 14.9. The number of thioether (sulfide) groups is 1. The standard InChI is InChI=1S/C19H17Cl2N9S/c1-10-4-2-3-5-14(10)24-18-26-15(25-17(22)27-18)9-31-19-29-28-16(30(19)23)12-7-6-11(20)8-13(12)21/h2-8H,9,23H2,1H3,(H3,22,24,25,26,27). The van der Waals surface area contributed by atoms with Crippen LogP contribution in [-0.2, 0) is 5.75 Å². The van der Waals surface area contributed by atoms with Crippen molar-refractivity contribution < 1.29 is 0 Å². The first-order valence-corrected chi connectivity index (χ1v) is 10.8. The monoisotopic (exact) mass is 473 g/mol. The first-order valence-electron chi connectivity index (χ1n) is 9.02. The molecule has 5 N–H and O–H groups in total. The maximum atomic E-state index is 6.25. The molecule has 0 saturated heterocycles. The second kappa shape index (κ2) is 8.96. The number of para-hydroxylation sites is 1. The van der Waals surface area contributed by atoms with Gasteiger partial charge in [0.05, 0.1) is 10.8 Å². The van der Waals surface area contributed by atoms with Crippen molar-refractivity contribution in [2.45, 2.75) is 17.8 Å². The highest BCUT2D eigenvalue weighted by molar-refractivity contribution is 7.98. The van der Waals surface area contributed by atoms with Crippen molar-refractivity contribution in [2.24, 2.45) is 0 Å². The summed E-state index contributed by atoms with van der Waals surface area (Å²) in [6.45, 7) is 1.99. The lowest BCUT2D eigenvalue weighted by Gasteiger charge is -2.09. The Labute approximate surface area is 192 Å². The van der Waals surface area contributed by atoms with E-state index in [0.717, 1.165) is 11.3 Å². The highest BCUT2D eigenvalue weighted by Crippen LogP contribution is 2.30. The molecule has 0 spiro atoms. The van der Waals surface area contributed by atoms with Crippen LogP contribution in [0.3, 0.4) is 0 Å². The molecule has 2 heterocycles. The molecule has 12 heteroatoms. The van der Waals surface area contributed by atoms with Crippen LogP contribution in [0, 0.1) is 6.92 Å². The largest absolute Gasteiger partial charge is 0.368 e. The maximum Gasteiger partial charge on any atom is 0.232 e. The molecule has 0 fully saturated rings. The molecule has 9 nitrogen and oxygen atoms in total. The summed E-state index contributed by atoms with van der Waals surface area (Å²) in [5.41, 5.74) is 8.44. The van der Waals surface area contributed by atoms with Crippen LogP contribution in [0.25, 0.3) is 11.4 Å². The predicted octanol–water partition coefficient (Wildman–Crippen LogP) is 4.08. The van der Waals surface area contributed by atoms with Crippen molar-refractivity contribution in [3.63, 3.8) is 0 Å². The average Bonchev–Trinajstić information content (AvgIpc) is 3.08. The van der Waals surface area contributed by atoms with E-state index in [9.17, 15) is 0 Å². The van der Waals surface area contributed by atoms with Gasteiger partial charge in [0, 0.05) is 16.3 Å². The average molecular weight is 474 g/mol. The van der Waals surface area contributed by atoms with Crippen LogP contribution < -0.4 is 16.9 Å². The van der Waals surface area contributed by atoms with Crippen LogP contribution in [0.15, 0.2) is 47.6 Å². The first kappa shape index (κ1) is 21.2. The molecule has 0 unspecified atom stereocenters. The van der Waals surface area contributed by atoms with Gasteiger partial charge in [-0.2, -0.15) is 15.0 Å². The lowest BCUT2D eigenvalue weighted by atomic mass is 10.2. The zero-order valence-electron chi connectivity index (χ0n) is 16.3. The fraction of sp³-hybridized carbons (Fsp3) is 0.105. The molecule has 0 aliphatic heterocycles. The highest BCUT2D eigenvalue weighted by atomic mass is 35.5. The van der Waals surface area contributed by atoms with E-state index in [1.54, 1.807) is 18.2 Å². The van der Waals surface area contributed by atoms with Crippen molar-refractivity contribution in [3.05, 3.63) is 63.9 Å². The fourth-order valence-electron chi connectivity index (χ4n) is 2.75. The quantitative estimate of drug-likeness (QED) is 0.279. The Bertz CT molecular complexity index is 1250. The Morgan fingerprint density at radius 1 is 1.06 bits per heavy atom. The van der Waals surface area contributed by atoms with E-state index in [1.165, 1.54) is 16.4 Å². The number of nitrogens with one attached hydrogen (secondary N) is 1. The zero-order valence-corrected chi connectivity index (χ0v) is 18.6. The van der Waals surface area contributed by atoms with Crippen molar-refractivity contribution in [1.82, 2.24) is 29.8 Å². The Morgan fingerprint density at radius 2 is 1.87 bits per heavy atom. The minimum atomic E-state index is 0.115. The lowest BCUT2D eigenvalue weighted by molar-refractivity contribution is 0.847. The molecule has 0 amide bonds. The molecule has 0 atom stereocenters. The molecule has 0 saturated carbocycles. The maximum absolute atomic E-state index is 6.25. The molecule has 158 valence electrons. The number of aryl methyl sites for hydroxylation is 1. The Balaban J connectivity index is 1.51. The molecule has 2 aromatic carbocycles. The fourth-order valence-corrected chi connectivity index (χ4v) is 3.96. The van der Waals surface area contributed by atoms with Crippen LogP contribution in [0.1, 0.15) is 11.4 Å². The SMILES string of the molecule is Cc1ccccc1Nc1nc(N)nc(CSc2nnc(-c3ccc(Cl)cc3Cl)n2N)n1. The zero-order chi connectivity index (χ0) is 22.0. The van der Waals surface area contributed by atoms with Gasteiger partial charge in [0.25, 0.3) is 0 Å². The third-order valence-electron chi connectivity index (χ3n) is 4.26. The number of halogens is 2. The third kappa shape index (κ3) is 4.82. The number of anilines is 3. The number of hydrogen-bond acceptors (Lipinski definition) is 9. The van der Waals surface area contributed by atoms with Gasteiger partial charge in [-0.3, -0.25) is 0 Å². The highest BCUT2D eigenvalue weighted by Gasteiger charge is 2.16. The van der Waals surface area contributed by atoms with E-state index >= 15 is 0 Å². The summed E-state index contributed by atoms with van der Waals surface area (Å²) < 4.78 is 1.36. The molecule has 0 aliphatic rings. The van der Waals surface area contributed by atoms with Crippen molar-refractivity contribution >= 4 is 52.5 Å². The van der Waals surface area contributed by atoms with Crippen molar-refractivity contribution in [1.29, 1.82) is 0 Å². The van der Waals surface area contributed by atoms with Crippen LogP contribution >= 0.6 is 35.0 Å². The summed E-state index contributed by atoms with van der Waals surface area (Å²) in [6.07, 6.45) is 0. The number of benzene rings is 2. The van der Waals surface area contributed by atoms with Gasteiger partial charge >= 0.3 is 0 Å². The molecular weight excluding hydrogens is 457 g/mol. The molecule has 2 aromatic heterocycles. The van der Waals surface area contributed by atoms with E-state index < -0.39 is 0 Å². The van der Waals surface area contributed by atoms with Crippen LogP contribution in [0.5, 0.6) is 0 Å². The minimum absolute atomic E-state index is 0.115. The molecule has 0 radical (unpaired) electrons. The van der Waals surface area contributed by atoms with E-state index in [1.807, 2.05) is 31.2 Å². The Morgan fingerprint density at radius 3 is 2.65 bits per heavy atom. The predicted molar refractivity (Wildman–Crippen MR) is 124 cm³/mol. The summed E-state index contributed by atoms with van der Waals surface area (Å²) >= 11 is 13.5. The Hall–Kier alpha value is -3.08. The number of nitrogens with zero attached hydrogens (tertiary/aromatic N) is 6. The minimum Gasteiger partial charge on any atom is -0.368 e. The molecule has 4 aromatic rings. The van der Waals surface area contributed by atoms with E-state index in [4.69, 9.17) is 34.8 Å². The normalized spacial score (nSPS) is 10.9. The van der Waals surface area contributed by atoms with Gasteiger partial charge in [0.1, 0.15) is 5.82 Å². The molecule has 0 bridgehead atoms. The number of hydrogen-bond donors (Lipinski definition) is 3. The summed E-state index contributed by atoms with van der Waals surface area (Å²) in [5.74, 6) is 7.90. The summed E-state index contributed by atoms with van der Waals surface area (Å²) in [6, 6.07) is 12.9. The summed E-state index contributed by atoms with van der Waals surface area (Å²) in [5, 5.41) is 12.9. The molecular formula is C19H17Cl2N9S. The smallest absolute Gasteiger partial charge is 0.232 e. The number of aromatic nitrogens is 6. The van der Waals surface area contributed by atoms with Crippen molar-refractivity contribution in [3.8, 4) is 11.4 Å². The van der Waals surface area contributed by atoms with Gasteiger partial charge in [-0.25, -0.2) is 4.68 Å². The van der Waals surface area contributed by atoms with E-state index in [0.29, 0.717) is 44.1 Å². The summed E-state index contributed by atoms with van der Waals surface area (Å²) in [4.78, 5) is 12.8. The second-order valence-corrected chi connectivity index (χ2v) is 8.25. The Kier molecular flexibility index (Phi) is 6.12. The van der Waals surface area contributed by atoms with Gasteiger partial charge in [-0.1, -0.05) is 53.2 Å². The number of nitrogen functional groups attached to an aromatic ring is 2. The van der Waals surface area contributed by atoms with Crippen LogP contribution in [0.2, 0.25) is 10.0 Å². The third-order valence-corrected chi connectivity index (χ3v) is 5.74. The lowest BCUT2D eigenvalue weighted by Crippen LogP contribution is -2.12.